The standard InChI is InChI=1S/C16H18N2O2/c17-11-3-6-16(20)18-13-9-7-12(8-10-13)14-4-1-2-5-15(14)19/h1-2,4-5,7-10,19H,3,6,11,17H2,(H,18,20). The summed E-state index contributed by atoms with van der Waals surface area (Å²) in [4.78, 5) is 11.6. The first-order chi connectivity index (χ1) is 9.70. The Bertz CT molecular complexity index is 579. The number of rotatable bonds is 5. The van der Waals surface area contributed by atoms with Gasteiger partial charge in [0.05, 0.1) is 0 Å². The van der Waals surface area contributed by atoms with Gasteiger partial charge in [-0.15, -0.1) is 0 Å². The third-order valence-corrected chi connectivity index (χ3v) is 2.99. The van der Waals surface area contributed by atoms with Crippen LogP contribution in [0.2, 0.25) is 0 Å². The second-order valence-electron chi connectivity index (χ2n) is 4.53. The Labute approximate surface area is 118 Å². The molecule has 0 saturated carbocycles. The first kappa shape index (κ1) is 14.1. The molecule has 0 aliphatic rings. The second-order valence-corrected chi connectivity index (χ2v) is 4.53. The molecule has 0 unspecified atom stereocenters. The van der Waals surface area contributed by atoms with E-state index in [1.54, 1.807) is 12.1 Å². The molecule has 2 rings (SSSR count). The predicted octanol–water partition coefficient (Wildman–Crippen LogP) is 2.74. The fourth-order valence-corrected chi connectivity index (χ4v) is 1.94. The number of carbonyl (C=O) groups excluding carboxylic acids is 1. The van der Waals surface area contributed by atoms with Crippen LogP contribution in [-0.4, -0.2) is 17.6 Å². The molecule has 4 N–H and O–H groups in total. The number of hydrogen-bond donors (Lipinski definition) is 3. The third kappa shape index (κ3) is 3.59. The van der Waals surface area contributed by atoms with Crippen LogP contribution in [0.4, 0.5) is 5.69 Å². The lowest BCUT2D eigenvalue weighted by Crippen LogP contribution is -2.13. The fraction of sp³-hybridized carbons (Fsp3) is 0.188. The number of carbonyl (C=O) groups is 1. The number of anilines is 1. The van der Waals surface area contributed by atoms with E-state index >= 15 is 0 Å². The average molecular weight is 270 g/mol. The van der Waals surface area contributed by atoms with Crippen molar-refractivity contribution in [3.63, 3.8) is 0 Å². The Morgan fingerprint density at radius 1 is 1.10 bits per heavy atom. The van der Waals surface area contributed by atoms with Crippen molar-refractivity contribution in [2.24, 2.45) is 5.73 Å². The molecule has 0 heterocycles. The summed E-state index contributed by atoms with van der Waals surface area (Å²) < 4.78 is 0. The number of hydrogen-bond acceptors (Lipinski definition) is 3. The summed E-state index contributed by atoms with van der Waals surface area (Å²) in [6.07, 6.45) is 1.11. The van der Waals surface area contributed by atoms with Crippen LogP contribution in [-0.2, 0) is 4.79 Å². The van der Waals surface area contributed by atoms with Crippen LogP contribution in [0.25, 0.3) is 11.1 Å². The van der Waals surface area contributed by atoms with Gasteiger partial charge >= 0.3 is 0 Å². The van der Waals surface area contributed by atoms with Crippen LogP contribution in [0.3, 0.4) is 0 Å². The van der Waals surface area contributed by atoms with Crippen LogP contribution in [0, 0.1) is 0 Å². The van der Waals surface area contributed by atoms with E-state index in [-0.39, 0.29) is 11.7 Å². The van der Waals surface area contributed by atoms with Gasteiger partial charge in [0.2, 0.25) is 5.91 Å². The van der Waals surface area contributed by atoms with Gasteiger partial charge in [-0.1, -0.05) is 30.3 Å². The van der Waals surface area contributed by atoms with E-state index in [0.717, 1.165) is 16.8 Å². The van der Waals surface area contributed by atoms with E-state index < -0.39 is 0 Å². The zero-order valence-electron chi connectivity index (χ0n) is 11.2. The zero-order valence-corrected chi connectivity index (χ0v) is 11.2. The molecule has 0 saturated heterocycles. The summed E-state index contributed by atoms with van der Waals surface area (Å²) in [5, 5.41) is 12.6. The van der Waals surface area contributed by atoms with Crippen molar-refractivity contribution in [3.8, 4) is 16.9 Å². The van der Waals surface area contributed by atoms with Crippen molar-refractivity contribution in [1.82, 2.24) is 0 Å². The van der Waals surface area contributed by atoms with Crippen molar-refractivity contribution < 1.29 is 9.90 Å². The number of benzene rings is 2. The van der Waals surface area contributed by atoms with Gasteiger partial charge in [0, 0.05) is 17.7 Å². The molecule has 0 aliphatic heterocycles. The van der Waals surface area contributed by atoms with E-state index in [1.807, 2.05) is 36.4 Å². The molecule has 0 aliphatic carbocycles. The molecule has 0 spiro atoms. The van der Waals surface area contributed by atoms with Crippen molar-refractivity contribution in [2.45, 2.75) is 12.8 Å². The minimum atomic E-state index is -0.0363. The summed E-state index contributed by atoms with van der Waals surface area (Å²) in [5.41, 5.74) is 7.78. The first-order valence-corrected chi connectivity index (χ1v) is 6.59. The van der Waals surface area contributed by atoms with Gasteiger partial charge in [0.15, 0.2) is 0 Å². The van der Waals surface area contributed by atoms with Crippen molar-refractivity contribution in [2.75, 3.05) is 11.9 Å². The molecule has 0 atom stereocenters. The van der Waals surface area contributed by atoms with E-state index in [4.69, 9.17) is 5.73 Å². The van der Waals surface area contributed by atoms with Crippen LogP contribution in [0.15, 0.2) is 48.5 Å². The summed E-state index contributed by atoms with van der Waals surface area (Å²) in [6, 6.07) is 14.5. The van der Waals surface area contributed by atoms with Crippen molar-refractivity contribution >= 4 is 11.6 Å². The minimum Gasteiger partial charge on any atom is -0.507 e. The Morgan fingerprint density at radius 2 is 1.80 bits per heavy atom. The molecular formula is C16H18N2O2. The predicted molar refractivity (Wildman–Crippen MR) is 80.5 cm³/mol. The van der Waals surface area contributed by atoms with Crippen LogP contribution >= 0.6 is 0 Å². The smallest absolute Gasteiger partial charge is 0.224 e. The molecule has 1 amide bonds. The average Bonchev–Trinajstić information content (AvgIpc) is 2.47. The molecule has 104 valence electrons. The molecular weight excluding hydrogens is 252 g/mol. The molecule has 20 heavy (non-hydrogen) atoms. The van der Waals surface area contributed by atoms with Gasteiger partial charge in [-0.05, 0) is 36.7 Å². The number of phenols is 1. The summed E-state index contributed by atoms with van der Waals surface area (Å²) >= 11 is 0. The molecule has 4 nitrogen and oxygen atoms in total. The lowest BCUT2D eigenvalue weighted by molar-refractivity contribution is -0.116. The number of aromatic hydroxyl groups is 1. The monoisotopic (exact) mass is 270 g/mol. The number of nitrogens with one attached hydrogen (secondary N) is 1. The second kappa shape index (κ2) is 6.73. The largest absolute Gasteiger partial charge is 0.507 e. The number of phenolic OH excluding ortho intramolecular Hbond substituents is 1. The van der Waals surface area contributed by atoms with Crippen LogP contribution in [0.1, 0.15) is 12.8 Å². The molecule has 4 heteroatoms. The highest BCUT2D eigenvalue weighted by Gasteiger charge is 2.04. The van der Waals surface area contributed by atoms with Gasteiger partial charge < -0.3 is 16.2 Å². The van der Waals surface area contributed by atoms with Gasteiger partial charge in [-0.3, -0.25) is 4.79 Å². The normalized spacial score (nSPS) is 10.2. The van der Waals surface area contributed by atoms with Gasteiger partial charge in [-0.25, -0.2) is 0 Å². The third-order valence-electron chi connectivity index (χ3n) is 2.99. The zero-order chi connectivity index (χ0) is 14.4. The van der Waals surface area contributed by atoms with E-state index in [2.05, 4.69) is 5.32 Å². The van der Waals surface area contributed by atoms with Crippen LogP contribution in [0.5, 0.6) is 5.75 Å². The lowest BCUT2D eigenvalue weighted by atomic mass is 10.0. The van der Waals surface area contributed by atoms with E-state index in [1.165, 1.54) is 0 Å². The molecule has 0 radical (unpaired) electrons. The number of para-hydroxylation sites is 1. The highest BCUT2D eigenvalue weighted by Crippen LogP contribution is 2.29. The fourth-order valence-electron chi connectivity index (χ4n) is 1.94. The maximum Gasteiger partial charge on any atom is 0.224 e. The molecule has 0 bridgehead atoms. The van der Waals surface area contributed by atoms with Crippen molar-refractivity contribution in [3.05, 3.63) is 48.5 Å². The van der Waals surface area contributed by atoms with Crippen molar-refractivity contribution in [1.29, 1.82) is 0 Å². The summed E-state index contributed by atoms with van der Waals surface area (Å²) in [5.74, 6) is 0.206. The summed E-state index contributed by atoms with van der Waals surface area (Å²) in [7, 11) is 0. The Balaban J connectivity index is 2.07. The SMILES string of the molecule is NCCCC(=O)Nc1ccc(-c2ccccc2O)cc1. The van der Waals surface area contributed by atoms with E-state index in [0.29, 0.717) is 19.4 Å². The Hall–Kier alpha value is -2.33. The van der Waals surface area contributed by atoms with Gasteiger partial charge in [0.1, 0.15) is 5.75 Å². The lowest BCUT2D eigenvalue weighted by Gasteiger charge is -2.07. The minimum absolute atomic E-state index is 0.0363. The first-order valence-electron chi connectivity index (χ1n) is 6.59. The summed E-state index contributed by atoms with van der Waals surface area (Å²) in [6.45, 7) is 0.514. The number of amides is 1. The molecule has 0 aromatic heterocycles. The quantitative estimate of drug-likeness (QED) is 0.782. The topological polar surface area (TPSA) is 75.4 Å². The highest BCUT2D eigenvalue weighted by molar-refractivity contribution is 5.91. The van der Waals surface area contributed by atoms with E-state index in [9.17, 15) is 9.90 Å². The Morgan fingerprint density at radius 3 is 2.45 bits per heavy atom. The van der Waals surface area contributed by atoms with Gasteiger partial charge in [0.25, 0.3) is 0 Å². The maximum absolute atomic E-state index is 11.6. The Kier molecular flexibility index (Phi) is 4.74. The molecule has 2 aromatic carbocycles. The van der Waals surface area contributed by atoms with Crippen LogP contribution < -0.4 is 11.1 Å². The highest BCUT2D eigenvalue weighted by atomic mass is 16.3. The molecule has 2 aromatic rings. The van der Waals surface area contributed by atoms with Gasteiger partial charge in [-0.2, -0.15) is 0 Å². The maximum atomic E-state index is 11.6. The molecule has 0 fully saturated rings. The number of nitrogens with two attached hydrogens (primary N) is 1.